The lowest BCUT2D eigenvalue weighted by molar-refractivity contribution is 0.0989. The number of aliphatic hydroxyl groups is 2. The van der Waals surface area contributed by atoms with E-state index in [1.165, 1.54) is 6.08 Å². The Labute approximate surface area is 154 Å². The third kappa shape index (κ3) is 5.52. The van der Waals surface area contributed by atoms with Gasteiger partial charge in [-0.05, 0) is 30.8 Å². The van der Waals surface area contributed by atoms with Crippen LogP contribution < -0.4 is 9.62 Å². The Morgan fingerprint density at radius 2 is 1.92 bits per heavy atom. The maximum absolute atomic E-state index is 12.1. The van der Waals surface area contributed by atoms with Crippen LogP contribution in [0.4, 0.5) is 5.69 Å². The molecule has 1 aromatic carbocycles. The Bertz CT molecular complexity index is 763. The molecule has 0 radical (unpaired) electrons. The highest BCUT2D eigenvalue weighted by atomic mass is 32.2. The number of piperazine rings is 1. The van der Waals surface area contributed by atoms with E-state index in [4.69, 9.17) is 10.4 Å². The topological polar surface area (TPSA) is 117 Å². The number of benzene rings is 1. The minimum absolute atomic E-state index is 0.361. The van der Waals surface area contributed by atoms with E-state index in [2.05, 4.69) is 21.6 Å². The Kier molecular flexibility index (Phi) is 7.14. The van der Waals surface area contributed by atoms with Gasteiger partial charge in [0.1, 0.15) is 6.07 Å². The van der Waals surface area contributed by atoms with Crippen molar-refractivity contribution in [2.45, 2.75) is 6.10 Å². The highest BCUT2D eigenvalue weighted by molar-refractivity contribution is 7.93. The fraction of sp³-hybridized carbons (Fsp3) is 0.471. The van der Waals surface area contributed by atoms with Gasteiger partial charge in [0.05, 0.1) is 12.7 Å². The van der Waals surface area contributed by atoms with E-state index in [0.717, 1.165) is 31.9 Å². The van der Waals surface area contributed by atoms with E-state index in [-0.39, 0.29) is 6.54 Å². The van der Waals surface area contributed by atoms with Gasteiger partial charge in [-0.3, -0.25) is 0 Å². The van der Waals surface area contributed by atoms with Crippen molar-refractivity contribution in [2.24, 2.45) is 0 Å². The monoisotopic (exact) mass is 380 g/mol. The van der Waals surface area contributed by atoms with Crippen molar-refractivity contribution >= 4 is 21.8 Å². The van der Waals surface area contributed by atoms with Gasteiger partial charge in [0.25, 0.3) is 10.0 Å². The summed E-state index contributed by atoms with van der Waals surface area (Å²) < 4.78 is 26.4. The van der Waals surface area contributed by atoms with Crippen molar-refractivity contribution in [2.75, 3.05) is 51.3 Å². The average molecular weight is 380 g/mol. The molecule has 1 unspecified atom stereocenters. The number of rotatable bonds is 7. The lowest BCUT2D eigenvalue weighted by atomic mass is 10.1. The van der Waals surface area contributed by atoms with Gasteiger partial charge >= 0.3 is 0 Å². The van der Waals surface area contributed by atoms with Crippen LogP contribution in [0.25, 0.3) is 6.08 Å². The van der Waals surface area contributed by atoms with Crippen LogP contribution in [0.15, 0.2) is 29.2 Å². The summed E-state index contributed by atoms with van der Waals surface area (Å²) in [4.78, 5) is 4.07. The van der Waals surface area contributed by atoms with E-state index in [1.54, 1.807) is 18.2 Å². The summed E-state index contributed by atoms with van der Waals surface area (Å²) in [6.07, 6.45) is 0.0640. The SMILES string of the molecule is CN1CCN(c2ccc(C=C(C#N)S(=O)(=O)NCC(O)CO)cc2)CC1. The number of sulfonamides is 1. The molecule has 8 nitrogen and oxygen atoms in total. The zero-order valence-corrected chi connectivity index (χ0v) is 15.5. The smallest absolute Gasteiger partial charge is 0.250 e. The Morgan fingerprint density at radius 1 is 1.31 bits per heavy atom. The van der Waals surface area contributed by atoms with Gasteiger partial charge in [0.15, 0.2) is 4.91 Å². The molecule has 1 atom stereocenters. The largest absolute Gasteiger partial charge is 0.394 e. The molecule has 1 heterocycles. The van der Waals surface area contributed by atoms with Crippen molar-refractivity contribution in [1.82, 2.24) is 9.62 Å². The second kappa shape index (κ2) is 9.12. The summed E-state index contributed by atoms with van der Waals surface area (Å²) in [6.45, 7) is 2.91. The molecule has 1 fully saturated rings. The van der Waals surface area contributed by atoms with Crippen molar-refractivity contribution < 1.29 is 18.6 Å². The van der Waals surface area contributed by atoms with Crippen LogP contribution in [-0.2, 0) is 10.0 Å². The van der Waals surface area contributed by atoms with Crippen molar-refractivity contribution in [3.8, 4) is 6.07 Å². The summed E-state index contributed by atoms with van der Waals surface area (Å²) in [5.41, 5.74) is 1.65. The van der Waals surface area contributed by atoms with Gasteiger partial charge in [0, 0.05) is 38.4 Å². The molecule has 0 saturated carbocycles. The molecule has 0 aliphatic carbocycles. The predicted molar refractivity (Wildman–Crippen MR) is 99.8 cm³/mol. The van der Waals surface area contributed by atoms with Crippen LogP contribution >= 0.6 is 0 Å². The molecule has 2 rings (SSSR count). The van der Waals surface area contributed by atoms with E-state index < -0.39 is 27.6 Å². The Hall–Kier alpha value is -1.96. The van der Waals surface area contributed by atoms with Crippen LogP contribution in [0, 0.1) is 11.3 Å². The zero-order chi connectivity index (χ0) is 19.2. The highest BCUT2D eigenvalue weighted by Crippen LogP contribution is 2.19. The van der Waals surface area contributed by atoms with Gasteiger partial charge in [-0.2, -0.15) is 5.26 Å². The standard InChI is InChI=1S/C17H24N4O4S/c1-20-6-8-21(9-7-20)15-4-2-14(3-5-15)10-17(11-18)26(24,25)19-12-16(23)13-22/h2-5,10,16,19,22-23H,6-9,12-13H2,1H3. The van der Waals surface area contributed by atoms with Gasteiger partial charge in [-0.1, -0.05) is 12.1 Å². The van der Waals surface area contributed by atoms with Crippen molar-refractivity contribution in [3.63, 3.8) is 0 Å². The fourth-order valence-corrected chi connectivity index (χ4v) is 3.49. The molecule has 0 amide bonds. The molecule has 1 aromatic rings. The Morgan fingerprint density at radius 3 is 2.46 bits per heavy atom. The first-order chi connectivity index (χ1) is 12.4. The molecule has 9 heteroatoms. The molecule has 1 aliphatic heterocycles. The molecule has 0 spiro atoms. The number of nitriles is 1. The molecule has 0 bridgehead atoms. The van der Waals surface area contributed by atoms with Crippen LogP contribution in [-0.4, -0.2) is 76.0 Å². The van der Waals surface area contributed by atoms with E-state index in [0.29, 0.717) is 5.56 Å². The zero-order valence-electron chi connectivity index (χ0n) is 14.7. The number of anilines is 1. The van der Waals surface area contributed by atoms with Crippen molar-refractivity contribution in [1.29, 1.82) is 5.26 Å². The summed E-state index contributed by atoms with van der Waals surface area (Å²) in [5, 5.41) is 27.2. The third-order valence-corrected chi connectivity index (χ3v) is 5.51. The van der Waals surface area contributed by atoms with E-state index >= 15 is 0 Å². The first-order valence-electron chi connectivity index (χ1n) is 8.29. The van der Waals surface area contributed by atoms with Crippen LogP contribution in [0.2, 0.25) is 0 Å². The average Bonchev–Trinajstić information content (AvgIpc) is 2.65. The summed E-state index contributed by atoms with van der Waals surface area (Å²) in [6, 6.07) is 9.01. The van der Waals surface area contributed by atoms with Gasteiger partial charge in [0.2, 0.25) is 0 Å². The van der Waals surface area contributed by atoms with E-state index in [9.17, 15) is 13.5 Å². The first-order valence-corrected chi connectivity index (χ1v) is 9.78. The number of hydrogen-bond donors (Lipinski definition) is 3. The maximum atomic E-state index is 12.1. The number of allylic oxidation sites excluding steroid dienone is 1. The minimum Gasteiger partial charge on any atom is -0.394 e. The quantitative estimate of drug-likeness (QED) is 0.550. The number of nitrogens with zero attached hydrogens (tertiary/aromatic N) is 3. The molecule has 1 saturated heterocycles. The van der Waals surface area contributed by atoms with Gasteiger partial charge in [-0.25, -0.2) is 13.1 Å². The molecule has 1 aliphatic rings. The normalized spacial score (nSPS) is 17.8. The van der Waals surface area contributed by atoms with Gasteiger partial charge in [-0.15, -0.1) is 0 Å². The van der Waals surface area contributed by atoms with Crippen LogP contribution in [0.1, 0.15) is 5.56 Å². The maximum Gasteiger partial charge on any atom is 0.250 e. The van der Waals surface area contributed by atoms with Crippen molar-refractivity contribution in [3.05, 3.63) is 34.7 Å². The number of hydrogen-bond acceptors (Lipinski definition) is 7. The number of likely N-dealkylation sites (N-methyl/N-ethyl adjacent to an activating group) is 1. The Balaban J connectivity index is 2.10. The highest BCUT2D eigenvalue weighted by Gasteiger charge is 2.19. The summed E-state index contributed by atoms with van der Waals surface area (Å²) in [5.74, 6) is 0. The lowest BCUT2D eigenvalue weighted by Gasteiger charge is -2.34. The minimum atomic E-state index is -4.05. The molecule has 142 valence electrons. The number of nitrogens with one attached hydrogen (secondary N) is 1. The second-order valence-corrected chi connectivity index (χ2v) is 7.93. The molecule has 0 aromatic heterocycles. The first kappa shape index (κ1) is 20.4. The molecular weight excluding hydrogens is 356 g/mol. The predicted octanol–water partition coefficient (Wildman–Crippen LogP) is -0.425. The summed E-state index contributed by atoms with van der Waals surface area (Å²) >= 11 is 0. The van der Waals surface area contributed by atoms with E-state index in [1.807, 2.05) is 12.1 Å². The van der Waals surface area contributed by atoms with Crippen LogP contribution in [0.3, 0.4) is 0 Å². The molecule has 26 heavy (non-hydrogen) atoms. The third-order valence-electron chi connectivity index (χ3n) is 4.18. The fourth-order valence-electron chi connectivity index (χ4n) is 2.52. The molecule has 3 N–H and O–H groups in total. The molecular formula is C17H24N4O4S. The summed E-state index contributed by atoms with van der Waals surface area (Å²) in [7, 11) is -1.96. The second-order valence-electron chi connectivity index (χ2n) is 6.19. The lowest BCUT2D eigenvalue weighted by Crippen LogP contribution is -2.44. The van der Waals surface area contributed by atoms with Gasteiger partial charge < -0.3 is 20.0 Å². The van der Waals surface area contributed by atoms with Crippen LogP contribution in [0.5, 0.6) is 0 Å². The number of aliphatic hydroxyl groups excluding tert-OH is 2.